The Bertz CT molecular complexity index is 970. The van der Waals surface area contributed by atoms with Crippen LogP contribution in [0.5, 0.6) is 11.5 Å². The molecule has 0 saturated carbocycles. The first kappa shape index (κ1) is 18.3. The van der Waals surface area contributed by atoms with Gasteiger partial charge in [0.2, 0.25) is 0 Å². The number of nitrogens with zero attached hydrogens (tertiary/aromatic N) is 2. The van der Waals surface area contributed by atoms with E-state index in [0.29, 0.717) is 23.8 Å². The smallest absolute Gasteiger partial charge is 0.276 e. The molecule has 1 N–H and O–H groups in total. The maximum absolute atomic E-state index is 12.6. The standard InChI is InChI=1S/C20H19N3O4/c1-26-14-13-23-19(24)12-11-17(22-23)20(25)21-16-9-5-6-10-18(16)27-15-7-3-2-4-8-15/h2-12H,13-14H2,1H3,(H,21,25). The van der Waals surface area contributed by atoms with Crippen molar-refractivity contribution in [2.45, 2.75) is 6.54 Å². The molecular weight excluding hydrogens is 346 g/mol. The third-order valence-corrected chi connectivity index (χ3v) is 3.71. The van der Waals surface area contributed by atoms with Gasteiger partial charge in [0.25, 0.3) is 11.5 Å². The summed E-state index contributed by atoms with van der Waals surface area (Å²) in [5.74, 6) is 0.723. The van der Waals surface area contributed by atoms with Crippen molar-refractivity contribution in [1.82, 2.24) is 9.78 Å². The first-order chi connectivity index (χ1) is 13.2. The van der Waals surface area contributed by atoms with Crippen LogP contribution in [0.2, 0.25) is 0 Å². The lowest BCUT2D eigenvalue weighted by Crippen LogP contribution is -2.27. The molecule has 138 valence electrons. The van der Waals surface area contributed by atoms with Crippen molar-refractivity contribution in [3.8, 4) is 11.5 Å². The molecule has 3 aromatic rings. The summed E-state index contributed by atoms with van der Waals surface area (Å²) in [7, 11) is 1.53. The molecule has 1 heterocycles. The summed E-state index contributed by atoms with van der Waals surface area (Å²) in [6, 6.07) is 19.1. The Morgan fingerprint density at radius 3 is 2.56 bits per heavy atom. The van der Waals surface area contributed by atoms with E-state index in [0.717, 1.165) is 0 Å². The molecule has 1 amide bonds. The second kappa shape index (κ2) is 8.77. The molecule has 2 aromatic carbocycles. The molecule has 3 rings (SSSR count). The van der Waals surface area contributed by atoms with Crippen LogP contribution in [0.3, 0.4) is 0 Å². The van der Waals surface area contributed by atoms with Crippen LogP contribution in [-0.4, -0.2) is 29.4 Å². The molecule has 1 aromatic heterocycles. The van der Waals surface area contributed by atoms with Gasteiger partial charge in [0.15, 0.2) is 5.75 Å². The van der Waals surface area contributed by atoms with Crippen LogP contribution >= 0.6 is 0 Å². The van der Waals surface area contributed by atoms with Gasteiger partial charge in [-0.15, -0.1) is 0 Å². The largest absolute Gasteiger partial charge is 0.455 e. The molecule has 7 nitrogen and oxygen atoms in total. The van der Waals surface area contributed by atoms with E-state index >= 15 is 0 Å². The molecule has 7 heteroatoms. The Hall–Kier alpha value is -3.45. The number of rotatable bonds is 7. The Morgan fingerprint density at radius 2 is 1.78 bits per heavy atom. The van der Waals surface area contributed by atoms with Gasteiger partial charge >= 0.3 is 0 Å². The summed E-state index contributed by atoms with van der Waals surface area (Å²) in [5, 5.41) is 6.87. The molecule has 0 fully saturated rings. The summed E-state index contributed by atoms with van der Waals surface area (Å²) in [5.41, 5.74) is 0.333. The van der Waals surface area contributed by atoms with Gasteiger partial charge in [0, 0.05) is 13.2 Å². The quantitative estimate of drug-likeness (QED) is 0.696. The fourth-order valence-corrected chi connectivity index (χ4v) is 2.37. The van der Waals surface area contributed by atoms with E-state index in [4.69, 9.17) is 9.47 Å². The first-order valence-corrected chi connectivity index (χ1v) is 8.38. The molecule has 0 unspecified atom stereocenters. The molecule has 0 bridgehead atoms. The second-order valence-corrected chi connectivity index (χ2v) is 5.64. The fourth-order valence-electron chi connectivity index (χ4n) is 2.37. The van der Waals surface area contributed by atoms with Gasteiger partial charge in [-0.05, 0) is 30.3 Å². The van der Waals surface area contributed by atoms with E-state index in [9.17, 15) is 9.59 Å². The van der Waals surface area contributed by atoms with Crippen molar-refractivity contribution in [2.75, 3.05) is 19.0 Å². The average molecular weight is 365 g/mol. The lowest BCUT2D eigenvalue weighted by molar-refractivity contribution is 0.101. The van der Waals surface area contributed by atoms with Gasteiger partial charge in [-0.1, -0.05) is 30.3 Å². The maximum atomic E-state index is 12.6. The third kappa shape index (κ3) is 4.80. The highest BCUT2D eigenvalue weighted by Gasteiger charge is 2.13. The predicted molar refractivity (Wildman–Crippen MR) is 101 cm³/mol. The maximum Gasteiger partial charge on any atom is 0.276 e. The van der Waals surface area contributed by atoms with E-state index in [-0.39, 0.29) is 17.8 Å². The van der Waals surface area contributed by atoms with Crippen LogP contribution in [0.4, 0.5) is 5.69 Å². The Morgan fingerprint density at radius 1 is 1.04 bits per heavy atom. The summed E-state index contributed by atoms with van der Waals surface area (Å²) in [6.07, 6.45) is 0. The highest BCUT2D eigenvalue weighted by molar-refractivity contribution is 6.03. The van der Waals surface area contributed by atoms with E-state index in [1.54, 1.807) is 18.2 Å². The Kier molecular flexibility index (Phi) is 5.96. The first-order valence-electron chi connectivity index (χ1n) is 8.38. The normalized spacial score (nSPS) is 10.4. The van der Waals surface area contributed by atoms with Crippen molar-refractivity contribution in [3.63, 3.8) is 0 Å². The van der Waals surface area contributed by atoms with Gasteiger partial charge in [0.1, 0.15) is 11.4 Å². The molecule has 0 aliphatic heterocycles. The summed E-state index contributed by atoms with van der Waals surface area (Å²) < 4.78 is 12.0. The lowest BCUT2D eigenvalue weighted by atomic mass is 10.2. The Balaban J connectivity index is 1.79. The van der Waals surface area contributed by atoms with Crippen LogP contribution in [0.1, 0.15) is 10.5 Å². The van der Waals surface area contributed by atoms with Gasteiger partial charge in [-0.25, -0.2) is 4.68 Å². The second-order valence-electron chi connectivity index (χ2n) is 5.64. The van der Waals surface area contributed by atoms with Crippen LogP contribution in [-0.2, 0) is 11.3 Å². The number of methoxy groups -OCH3 is 1. The zero-order valence-electron chi connectivity index (χ0n) is 14.8. The SMILES string of the molecule is COCCn1nc(C(=O)Nc2ccccc2Oc2ccccc2)ccc1=O. The predicted octanol–water partition coefficient (Wildman–Crippen LogP) is 2.93. The topological polar surface area (TPSA) is 82.5 Å². The number of hydrogen-bond acceptors (Lipinski definition) is 5. The summed E-state index contributed by atoms with van der Waals surface area (Å²) in [4.78, 5) is 24.4. The number of amides is 1. The van der Waals surface area contributed by atoms with E-state index in [2.05, 4.69) is 10.4 Å². The number of carbonyl (C=O) groups excluding carboxylic acids is 1. The van der Waals surface area contributed by atoms with E-state index in [1.165, 1.54) is 23.9 Å². The number of hydrogen-bond donors (Lipinski definition) is 1. The minimum absolute atomic E-state index is 0.125. The van der Waals surface area contributed by atoms with Gasteiger partial charge in [0.05, 0.1) is 18.8 Å². The molecule has 0 aliphatic rings. The minimum atomic E-state index is -0.440. The van der Waals surface area contributed by atoms with Crippen LogP contribution < -0.4 is 15.6 Å². The zero-order chi connectivity index (χ0) is 19.1. The van der Waals surface area contributed by atoms with Gasteiger partial charge < -0.3 is 14.8 Å². The van der Waals surface area contributed by atoms with Crippen molar-refractivity contribution in [3.05, 3.63) is 82.8 Å². The molecule has 0 spiro atoms. The number of para-hydroxylation sites is 3. The van der Waals surface area contributed by atoms with Crippen molar-refractivity contribution < 1.29 is 14.3 Å². The van der Waals surface area contributed by atoms with Crippen LogP contribution in [0.15, 0.2) is 71.5 Å². The number of benzene rings is 2. The highest BCUT2D eigenvalue weighted by atomic mass is 16.5. The fraction of sp³-hybridized carbons (Fsp3) is 0.150. The monoisotopic (exact) mass is 365 g/mol. The van der Waals surface area contributed by atoms with Crippen molar-refractivity contribution >= 4 is 11.6 Å². The van der Waals surface area contributed by atoms with Crippen LogP contribution in [0, 0.1) is 0 Å². The average Bonchev–Trinajstić information content (AvgIpc) is 2.69. The number of anilines is 1. The molecule has 27 heavy (non-hydrogen) atoms. The van der Waals surface area contributed by atoms with E-state index in [1.807, 2.05) is 36.4 Å². The van der Waals surface area contributed by atoms with Crippen molar-refractivity contribution in [1.29, 1.82) is 0 Å². The number of carbonyl (C=O) groups is 1. The molecule has 0 radical (unpaired) electrons. The third-order valence-electron chi connectivity index (χ3n) is 3.71. The van der Waals surface area contributed by atoms with Crippen LogP contribution in [0.25, 0.3) is 0 Å². The van der Waals surface area contributed by atoms with Gasteiger partial charge in [-0.2, -0.15) is 5.10 Å². The van der Waals surface area contributed by atoms with Crippen molar-refractivity contribution in [2.24, 2.45) is 0 Å². The molecular formula is C20H19N3O4. The van der Waals surface area contributed by atoms with E-state index < -0.39 is 5.91 Å². The number of ether oxygens (including phenoxy) is 2. The zero-order valence-corrected chi connectivity index (χ0v) is 14.8. The highest BCUT2D eigenvalue weighted by Crippen LogP contribution is 2.29. The number of nitrogens with one attached hydrogen (secondary N) is 1. The molecule has 0 atom stereocenters. The Labute approximate surface area is 156 Å². The molecule has 0 saturated heterocycles. The molecule has 0 aliphatic carbocycles. The minimum Gasteiger partial charge on any atom is -0.455 e. The van der Waals surface area contributed by atoms with Gasteiger partial charge in [-0.3, -0.25) is 9.59 Å². The summed E-state index contributed by atoms with van der Waals surface area (Å²) in [6.45, 7) is 0.593. The lowest BCUT2D eigenvalue weighted by Gasteiger charge is -2.12. The number of aromatic nitrogens is 2. The summed E-state index contributed by atoms with van der Waals surface area (Å²) >= 11 is 0.